The van der Waals surface area contributed by atoms with Crippen LogP contribution in [0.15, 0.2) is 48.5 Å². The molecule has 0 saturated carbocycles. The van der Waals surface area contributed by atoms with Crippen LogP contribution in [0.4, 0.5) is 0 Å². The number of aryl methyl sites for hydroxylation is 1. The van der Waals surface area contributed by atoms with Crippen LogP contribution in [0.1, 0.15) is 22.8 Å². The van der Waals surface area contributed by atoms with Crippen LogP contribution in [-0.4, -0.2) is 20.1 Å². The van der Waals surface area contributed by atoms with Crippen LogP contribution in [0.25, 0.3) is 0 Å². The molecule has 0 bridgehead atoms. The van der Waals surface area contributed by atoms with Crippen molar-refractivity contribution in [3.63, 3.8) is 0 Å². The molecule has 2 aromatic carbocycles. The number of sulfonamides is 1. The lowest BCUT2D eigenvalue weighted by Gasteiger charge is -2.13. The number of benzene rings is 2. The Hall–Kier alpha value is -1.40. The SMILES string of the molecule is Cc1ccc(CS(=O)(=O)NCC(O)c2ccc(Cl)cc2)cc1. The van der Waals surface area contributed by atoms with E-state index in [0.29, 0.717) is 16.1 Å². The molecule has 0 aliphatic carbocycles. The molecular formula is C16H18ClNO3S. The van der Waals surface area contributed by atoms with Crippen molar-refractivity contribution in [2.45, 2.75) is 18.8 Å². The van der Waals surface area contributed by atoms with Gasteiger partial charge in [0.1, 0.15) is 0 Å². The van der Waals surface area contributed by atoms with Crippen molar-refractivity contribution >= 4 is 21.6 Å². The average molecular weight is 340 g/mol. The Labute approximate surface area is 135 Å². The van der Waals surface area contributed by atoms with Crippen molar-refractivity contribution in [3.8, 4) is 0 Å². The maximum Gasteiger partial charge on any atom is 0.215 e. The fourth-order valence-electron chi connectivity index (χ4n) is 1.96. The van der Waals surface area contributed by atoms with Crippen molar-refractivity contribution < 1.29 is 13.5 Å². The van der Waals surface area contributed by atoms with Crippen LogP contribution in [0.2, 0.25) is 5.02 Å². The molecule has 1 atom stereocenters. The van der Waals surface area contributed by atoms with E-state index >= 15 is 0 Å². The average Bonchev–Trinajstić information content (AvgIpc) is 2.48. The minimum Gasteiger partial charge on any atom is -0.387 e. The molecule has 0 heterocycles. The molecule has 0 amide bonds. The van der Waals surface area contributed by atoms with E-state index in [4.69, 9.17) is 11.6 Å². The summed E-state index contributed by atoms with van der Waals surface area (Å²) in [6.07, 6.45) is -0.912. The summed E-state index contributed by atoms with van der Waals surface area (Å²) in [5.74, 6) is -0.110. The Morgan fingerprint density at radius 2 is 1.68 bits per heavy atom. The zero-order valence-corrected chi connectivity index (χ0v) is 13.7. The Morgan fingerprint density at radius 1 is 1.09 bits per heavy atom. The number of aliphatic hydroxyl groups excluding tert-OH is 1. The molecule has 2 rings (SSSR count). The van der Waals surface area contributed by atoms with E-state index in [1.165, 1.54) is 0 Å². The van der Waals surface area contributed by atoms with Gasteiger partial charge in [-0.25, -0.2) is 13.1 Å². The van der Waals surface area contributed by atoms with Crippen LogP contribution in [-0.2, 0) is 15.8 Å². The van der Waals surface area contributed by atoms with Gasteiger partial charge in [-0.2, -0.15) is 0 Å². The molecule has 1 unspecified atom stereocenters. The van der Waals surface area contributed by atoms with E-state index in [1.807, 2.05) is 19.1 Å². The van der Waals surface area contributed by atoms with E-state index < -0.39 is 16.1 Å². The number of hydrogen-bond acceptors (Lipinski definition) is 3. The quantitative estimate of drug-likeness (QED) is 0.850. The second-order valence-corrected chi connectivity index (χ2v) is 7.40. The van der Waals surface area contributed by atoms with Crippen molar-refractivity contribution in [1.29, 1.82) is 0 Å². The second-order valence-electron chi connectivity index (χ2n) is 5.16. The van der Waals surface area contributed by atoms with Gasteiger partial charge in [-0.3, -0.25) is 0 Å². The molecule has 0 aliphatic heterocycles. The highest BCUT2D eigenvalue weighted by molar-refractivity contribution is 7.88. The number of hydrogen-bond donors (Lipinski definition) is 2. The third kappa shape index (κ3) is 5.10. The van der Waals surface area contributed by atoms with Gasteiger partial charge in [-0.1, -0.05) is 53.6 Å². The number of rotatable bonds is 6. The minimum absolute atomic E-state index is 0.0736. The molecule has 0 aliphatic rings. The van der Waals surface area contributed by atoms with Crippen molar-refractivity contribution in [2.75, 3.05) is 6.54 Å². The van der Waals surface area contributed by atoms with Crippen LogP contribution in [0.3, 0.4) is 0 Å². The largest absolute Gasteiger partial charge is 0.387 e. The molecule has 0 aromatic heterocycles. The lowest BCUT2D eigenvalue weighted by Crippen LogP contribution is -2.29. The van der Waals surface area contributed by atoms with Crippen molar-refractivity contribution in [1.82, 2.24) is 4.72 Å². The predicted octanol–water partition coefficient (Wildman–Crippen LogP) is 2.80. The Kier molecular flexibility index (Phi) is 5.58. The fraction of sp³-hybridized carbons (Fsp3) is 0.250. The molecule has 2 N–H and O–H groups in total. The van der Waals surface area contributed by atoms with E-state index in [0.717, 1.165) is 5.56 Å². The molecular weight excluding hydrogens is 322 g/mol. The number of nitrogens with one attached hydrogen (secondary N) is 1. The van der Waals surface area contributed by atoms with Gasteiger partial charge >= 0.3 is 0 Å². The molecule has 4 nitrogen and oxygen atoms in total. The van der Waals surface area contributed by atoms with Gasteiger partial charge < -0.3 is 5.11 Å². The van der Waals surface area contributed by atoms with Crippen LogP contribution in [0, 0.1) is 6.92 Å². The van der Waals surface area contributed by atoms with E-state index in [2.05, 4.69) is 4.72 Å². The smallest absolute Gasteiger partial charge is 0.215 e. The van der Waals surface area contributed by atoms with Gasteiger partial charge in [0.05, 0.1) is 11.9 Å². The fourth-order valence-corrected chi connectivity index (χ4v) is 3.23. The van der Waals surface area contributed by atoms with E-state index in [9.17, 15) is 13.5 Å². The van der Waals surface area contributed by atoms with Gasteiger partial charge in [0.25, 0.3) is 0 Å². The van der Waals surface area contributed by atoms with Gasteiger partial charge in [0.2, 0.25) is 10.0 Å². The predicted molar refractivity (Wildman–Crippen MR) is 88.2 cm³/mol. The summed E-state index contributed by atoms with van der Waals surface area (Å²) in [6, 6.07) is 13.9. The molecule has 118 valence electrons. The van der Waals surface area contributed by atoms with Gasteiger partial charge in [-0.15, -0.1) is 0 Å². The molecule has 0 saturated heterocycles. The van der Waals surface area contributed by atoms with Gasteiger partial charge in [0.15, 0.2) is 0 Å². The van der Waals surface area contributed by atoms with Crippen LogP contribution >= 0.6 is 11.6 Å². The first-order valence-corrected chi connectivity index (χ1v) is 8.85. The normalized spacial score (nSPS) is 13.0. The summed E-state index contributed by atoms with van der Waals surface area (Å²) in [5, 5.41) is 10.6. The van der Waals surface area contributed by atoms with Gasteiger partial charge in [-0.05, 0) is 30.2 Å². The standard InChI is InChI=1S/C16H18ClNO3S/c1-12-2-4-13(5-3-12)11-22(20,21)18-10-16(19)14-6-8-15(17)9-7-14/h2-9,16,18-19H,10-11H2,1H3. The number of halogens is 1. The van der Waals surface area contributed by atoms with Crippen molar-refractivity contribution in [2.24, 2.45) is 0 Å². The first kappa shape index (κ1) is 17.0. The third-order valence-corrected chi connectivity index (χ3v) is 4.80. The van der Waals surface area contributed by atoms with E-state index in [1.54, 1.807) is 36.4 Å². The maximum atomic E-state index is 12.0. The van der Waals surface area contributed by atoms with Crippen molar-refractivity contribution in [3.05, 3.63) is 70.2 Å². The highest BCUT2D eigenvalue weighted by Gasteiger charge is 2.15. The highest BCUT2D eigenvalue weighted by atomic mass is 35.5. The monoisotopic (exact) mass is 339 g/mol. The highest BCUT2D eigenvalue weighted by Crippen LogP contribution is 2.16. The van der Waals surface area contributed by atoms with Gasteiger partial charge in [0, 0.05) is 11.6 Å². The summed E-state index contributed by atoms with van der Waals surface area (Å²) in [7, 11) is -3.49. The molecule has 2 aromatic rings. The Balaban J connectivity index is 1.94. The lowest BCUT2D eigenvalue weighted by molar-refractivity contribution is 0.182. The first-order valence-electron chi connectivity index (χ1n) is 6.82. The third-order valence-electron chi connectivity index (χ3n) is 3.23. The lowest BCUT2D eigenvalue weighted by atomic mass is 10.1. The molecule has 6 heteroatoms. The molecule has 0 fully saturated rings. The maximum absolute atomic E-state index is 12.0. The Bertz CT molecular complexity index is 712. The summed E-state index contributed by atoms with van der Waals surface area (Å²) in [5.41, 5.74) is 2.40. The topological polar surface area (TPSA) is 66.4 Å². The minimum atomic E-state index is -3.49. The molecule has 22 heavy (non-hydrogen) atoms. The van der Waals surface area contributed by atoms with Crippen LogP contribution < -0.4 is 4.72 Å². The summed E-state index contributed by atoms with van der Waals surface area (Å²) in [6.45, 7) is 1.87. The second kappa shape index (κ2) is 7.24. The first-order chi connectivity index (χ1) is 10.4. The zero-order valence-electron chi connectivity index (χ0n) is 12.2. The summed E-state index contributed by atoms with van der Waals surface area (Å²) >= 11 is 5.77. The molecule has 0 spiro atoms. The summed E-state index contributed by atoms with van der Waals surface area (Å²) < 4.78 is 26.5. The zero-order chi connectivity index (χ0) is 16.2. The summed E-state index contributed by atoms with van der Waals surface area (Å²) in [4.78, 5) is 0. The number of aliphatic hydroxyl groups is 1. The van der Waals surface area contributed by atoms with Crippen LogP contribution in [0.5, 0.6) is 0 Å². The molecule has 0 radical (unpaired) electrons. The van der Waals surface area contributed by atoms with E-state index in [-0.39, 0.29) is 12.3 Å². The Morgan fingerprint density at radius 3 is 2.27 bits per heavy atom.